The van der Waals surface area contributed by atoms with Crippen molar-refractivity contribution in [2.75, 3.05) is 13.1 Å². The molecule has 0 radical (unpaired) electrons. The average Bonchev–Trinajstić information content (AvgIpc) is 2.02. The Kier molecular flexibility index (Phi) is 5.91. The van der Waals surface area contributed by atoms with Crippen LogP contribution < -0.4 is 11.1 Å². The zero-order chi connectivity index (χ0) is 11.1. The van der Waals surface area contributed by atoms with Crippen LogP contribution in [-0.2, 0) is 14.4 Å². The van der Waals surface area contributed by atoms with Crippen molar-refractivity contribution in [1.29, 1.82) is 0 Å². The molecular formula is C9H16N2O3. The molecule has 80 valence electrons. The minimum atomic E-state index is -0.887. The molecule has 0 fully saturated rings. The van der Waals surface area contributed by atoms with Gasteiger partial charge in [0.25, 0.3) is 0 Å². The summed E-state index contributed by atoms with van der Waals surface area (Å²) in [7, 11) is 0. The van der Waals surface area contributed by atoms with Crippen LogP contribution >= 0.6 is 0 Å². The minimum Gasteiger partial charge on any atom is -0.329 e. The summed E-state index contributed by atoms with van der Waals surface area (Å²) in [5.41, 5.74) is 5.23. The van der Waals surface area contributed by atoms with Crippen molar-refractivity contribution in [1.82, 2.24) is 5.32 Å². The summed E-state index contributed by atoms with van der Waals surface area (Å²) < 4.78 is 0. The standard InChI is InChI=1S/C9H16N2O3/c1-6(12)5-8(14)9(7(2)13)11-4-3-10/h9,11H,3-5,10H2,1-2H3. The van der Waals surface area contributed by atoms with Gasteiger partial charge in [0.2, 0.25) is 0 Å². The van der Waals surface area contributed by atoms with Crippen LogP contribution in [0.1, 0.15) is 20.3 Å². The molecule has 5 heteroatoms. The van der Waals surface area contributed by atoms with Crippen LogP contribution in [0.4, 0.5) is 0 Å². The predicted molar refractivity (Wildman–Crippen MR) is 51.8 cm³/mol. The molecule has 0 spiro atoms. The van der Waals surface area contributed by atoms with E-state index in [2.05, 4.69) is 5.32 Å². The van der Waals surface area contributed by atoms with Crippen LogP contribution in [-0.4, -0.2) is 36.5 Å². The molecule has 0 aromatic carbocycles. The molecule has 0 saturated carbocycles. The summed E-state index contributed by atoms with van der Waals surface area (Å²) in [5, 5.41) is 2.70. The molecule has 1 atom stereocenters. The van der Waals surface area contributed by atoms with E-state index in [9.17, 15) is 14.4 Å². The summed E-state index contributed by atoms with van der Waals surface area (Å²) in [4.78, 5) is 33.1. The Balaban J connectivity index is 4.26. The number of hydrogen-bond acceptors (Lipinski definition) is 5. The lowest BCUT2D eigenvalue weighted by molar-refractivity contribution is -0.131. The first-order valence-corrected chi connectivity index (χ1v) is 4.45. The van der Waals surface area contributed by atoms with Gasteiger partial charge in [-0.2, -0.15) is 0 Å². The van der Waals surface area contributed by atoms with Crippen molar-refractivity contribution in [3.05, 3.63) is 0 Å². The van der Waals surface area contributed by atoms with E-state index in [0.29, 0.717) is 13.1 Å². The first kappa shape index (κ1) is 12.9. The van der Waals surface area contributed by atoms with E-state index in [1.54, 1.807) is 0 Å². The third-order valence-corrected chi connectivity index (χ3v) is 1.64. The van der Waals surface area contributed by atoms with Crippen LogP contribution in [0.2, 0.25) is 0 Å². The number of nitrogens with one attached hydrogen (secondary N) is 1. The Morgan fingerprint density at radius 2 is 1.86 bits per heavy atom. The second-order valence-corrected chi connectivity index (χ2v) is 3.13. The van der Waals surface area contributed by atoms with E-state index in [4.69, 9.17) is 5.73 Å². The lowest BCUT2D eigenvalue weighted by atomic mass is 10.0. The molecule has 0 aliphatic heterocycles. The Morgan fingerprint density at radius 3 is 2.21 bits per heavy atom. The maximum atomic E-state index is 11.4. The van der Waals surface area contributed by atoms with Crippen molar-refractivity contribution >= 4 is 17.3 Å². The van der Waals surface area contributed by atoms with Crippen molar-refractivity contribution in [2.24, 2.45) is 5.73 Å². The van der Waals surface area contributed by atoms with Gasteiger partial charge in [-0.15, -0.1) is 0 Å². The zero-order valence-electron chi connectivity index (χ0n) is 8.50. The van der Waals surface area contributed by atoms with Crippen LogP contribution in [0.15, 0.2) is 0 Å². The molecule has 0 bridgehead atoms. The summed E-state index contributed by atoms with van der Waals surface area (Å²) in [6, 6.07) is -0.887. The molecule has 0 rings (SSSR count). The monoisotopic (exact) mass is 200 g/mol. The first-order valence-electron chi connectivity index (χ1n) is 4.45. The van der Waals surface area contributed by atoms with Gasteiger partial charge in [0.05, 0.1) is 6.42 Å². The lowest BCUT2D eigenvalue weighted by Crippen LogP contribution is -2.44. The molecule has 0 aliphatic rings. The van der Waals surface area contributed by atoms with Gasteiger partial charge in [0, 0.05) is 13.1 Å². The summed E-state index contributed by atoms with van der Waals surface area (Å²) in [5.74, 6) is -0.918. The molecule has 0 aromatic heterocycles. The number of rotatable bonds is 7. The molecule has 5 nitrogen and oxygen atoms in total. The molecule has 0 saturated heterocycles. The van der Waals surface area contributed by atoms with Crippen LogP contribution in [0.25, 0.3) is 0 Å². The Morgan fingerprint density at radius 1 is 1.29 bits per heavy atom. The second kappa shape index (κ2) is 6.39. The predicted octanol–water partition coefficient (Wildman–Crippen LogP) is -0.959. The molecular weight excluding hydrogens is 184 g/mol. The van der Waals surface area contributed by atoms with E-state index >= 15 is 0 Å². The third-order valence-electron chi connectivity index (χ3n) is 1.64. The third kappa shape index (κ3) is 4.84. The van der Waals surface area contributed by atoms with E-state index in [-0.39, 0.29) is 18.0 Å². The van der Waals surface area contributed by atoms with E-state index in [1.165, 1.54) is 13.8 Å². The van der Waals surface area contributed by atoms with Crippen molar-refractivity contribution < 1.29 is 14.4 Å². The maximum absolute atomic E-state index is 11.4. The van der Waals surface area contributed by atoms with Gasteiger partial charge in [-0.3, -0.25) is 14.4 Å². The molecule has 0 heterocycles. The SMILES string of the molecule is CC(=O)CC(=O)C(NCCN)C(C)=O. The van der Waals surface area contributed by atoms with E-state index < -0.39 is 11.8 Å². The number of nitrogens with two attached hydrogens (primary N) is 1. The van der Waals surface area contributed by atoms with Gasteiger partial charge in [-0.1, -0.05) is 0 Å². The topological polar surface area (TPSA) is 89.3 Å². The number of hydrogen-bond donors (Lipinski definition) is 2. The number of ketones is 3. The van der Waals surface area contributed by atoms with Gasteiger partial charge in [0.15, 0.2) is 11.6 Å². The number of carbonyl (C=O) groups is 3. The Bertz CT molecular complexity index is 238. The fourth-order valence-corrected chi connectivity index (χ4v) is 1.06. The average molecular weight is 200 g/mol. The van der Waals surface area contributed by atoms with Gasteiger partial charge >= 0.3 is 0 Å². The molecule has 0 aromatic rings. The lowest BCUT2D eigenvalue weighted by Gasteiger charge is -2.12. The quantitative estimate of drug-likeness (QED) is 0.517. The van der Waals surface area contributed by atoms with E-state index in [1.807, 2.05) is 0 Å². The van der Waals surface area contributed by atoms with Gasteiger partial charge in [0.1, 0.15) is 11.8 Å². The van der Waals surface area contributed by atoms with Crippen LogP contribution in [0.3, 0.4) is 0 Å². The normalized spacial score (nSPS) is 12.2. The first-order chi connectivity index (χ1) is 6.49. The Labute approximate surface area is 83.0 Å². The fourth-order valence-electron chi connectivity index (χ4n) is 1.06. The summed E-state index contributed by atoms with van der Waals surface area (Å²) in [6.45, 7) is 3.36. The van der Waals surface area contributed by atoms with Gasteiger partial charge in [-0.05, 0) is 13.8 Å². The second-order valence-electron chi connectivity index (χ2n) is 3.13. The highest BCUT2D eigenvalue weighted by atomic mass is 16.2. The fraction of sp³-hybridized carbons (Fsp3) is 0.667. The largest absolute Gasteiger partial charge is 0.329 e. The molecule has 14 heavy (non-hydrogen) atoms. The Hall–Kier alpha value is -1.07. The highest BCUT2D eigenvalue weighted by Crippen LogP contribution is 1.95. The smallest absolute Gasteiger partial charge is 0.164 e. The molecule has 0 amide bonds. The summed E-state index contributed by atoms with van der Waals surface area (Å²) >= 11 is 0. The van der Waals surface area contributed by atoms with Crippen molar-refractivity contribution in [3.8, 4) is 0 Å². The molecule has 1 unspecified atom stereocenters. The molecule has 3 N–H and O–H groups in total. The van der Waals surface area contributed by atoms with Crippen molar-refractivity contribution in [2.45, 2.75) is 26.3 Å². The van der Waals surface area contributed by atoms with Crippen LogP contribution in [0, 0.1) is 0 Å². The highest BCUT2D eigenvalue weighted by molar-refractivity contribution is 6.11. The highest BCUT2D eigenvalue weighted by Gasteiger charge is 2.22. The number of carbonyl (C=O) groups excluding carboxylic acids is 3. The van der Waals surface area contributed by atoms with Crippen LogP contribution in [0.5, 0.6) is 0 Å². The molecule has 0 aliphatic carbocycles. The van der Waals surface area contributed by atoms with Gasteiger partial charge < -0.3 is 11.1 Å². The van der Waals surface area contributed by atoms with Gasteiger partial charge in [-0.25, -0.2) is 0 Å². The summed E-state index contributed by atoms with van der Waals surface area (Å²) in [6.07, 6.45) is -0.207. The zero-order valence-corrected chi connectivity index (χ0v) is 8.50. The van der Waals surface area contributed by atoms with Crippen molar-refractivity contribution in [3.63, 3.8) is 0 Å². The maximum Gasteiger partial charge on any atom is 0.164 e. The van der Waals surface area contributed by atoms with E-state index in [0.717, 1.165) is 0 Å². The minimum absolute atomic E-state index is 0.207. The number of Topliss-reactive ketones (excluding diaryl/α,β-unsaturated/α-hetero) is 3.